The molecular formula is C26H35N5. The monoisotopic (exact) mass is 417 g/mol. The Balaban J connectivity index is 1.61. The summed E-state index contributed by atoms with van der Waals surface area (Å²) in [5, 5.41) is 15.1. The summed E-state index contributed by atoms with van der Waals surface area (Å²) in [6, 6.07) is 11.2. The highest BCUT2D eigenvalue weighted by atomic mass is 15.1. The first-order valence-electron chi connectivity index (χ1n) is 11.3. The van der Waals surface area contributed by atoms with Crippen LogP contribution in [0.25, 0.3) is 16.7 Å². The van der Waals surface area contributed by atoms with Gasteiger partial charge >= 0.3 is 0 Å². The number of pyridine rings is 1. The normalized spacial score (nSPS) is 20.3. The van der Waals surface area contributed by atoms with Gasteiger partial charge in [0.2, 0.25) is 0 Å². The van der Waals surface area contributed by atoms with Crippen LogP contribution < -0.4 is 16.4 Å². The number of aryl methyl sites for hydroxylation is 2. The van der Waals surface area contributed by atoms with E-state index in [1.54, 1.807) is 0 Å². The van der Waals surface area contributed by atoms with Gasteiger partial charge < -0.3 is 21.8 Å². The summed E-state index contributed by atoms with van der Waals surface area (Å²) >= 11 is 0. The van der Waals surface area contributed by atoms with Crippen LogP contribution in [0, 0.1) is 5.41 Å². The molecule has 164 valence electrons. The largest absolute Gasteiger partial charge is 0.404 e. The lowest BCUT2D eigenvalue weighted by molar-refractivity contribution is 0.170. The summed E-state index contributed by atoms with van der Waals surface area (Å²) < 4.78 is 0. The van der Waals surface area contributed by atoms with Gasteiger partial charge in [-0.25, -0.2) is 4.98 Å². The van der Waals surface area contributed by atoms with Gasteiger partial charge in [0.05, 0.1) is 5.69 Å². The summed E-state index contributed by atoms with van der Waals surface area (Å²) in [7, 11) is 0. The van der Waals surface area contributed by atoms with Crippen LogP contribution in [0.5, 0.6) is 0 Å². The van der Waals surface area contributed by atoms with Gasteiger partial charge in [0, 0.05) is 40.7 Å². The standard InChI is InChI=1S/C26H35N5/c1-25(2)13-20(14-26(3,4)31-25)29-24-11-10-22-21-9-8-17(19(15-27)16-28)12-18(21)6-5-7-23(22)30-24/h8-12,15-16,20,27,31H,5-7,13-14,28H2,1-4H3,(H,29,30)/b19-16+,27-15?. The van der Waals surface area contributed by atoms with Crippen LogP contribution in [-0.2, 0) is 12.8 Å². The molecule has 0 radical (unpaired) electrons. The molecule has 0 unspecified atom stereocenters. The number of nitrogens with zero attached hydrogens (tertiary/aromatic N) is 1. The third-order valence-corrected chi connectivity index (χ3v) is 6.44. The highest BCUT2D eigenvalue weighted by Crippen LogP contribution is 2.35. The molecule has 0 spiro atoms. The molecule has 1 fully saturated rings. The average Bonchev–Trinajstić information content (AvgIpc) is 2.85. The molecule has 2 aliphatic rings. The molecule has 0 bridgehead atoms. The quantitative estimate of drug-likeness (QED) is 0.533. The Kier molecular flexibility index (Phi) is 5.65. The van der Waals surface area contributed by atoms with Gasteiger partial charge in [0.15, 0.2) is 0 Å². The van der Waals surface area contributed by atoms with Crippen LogP contribution in [0.4, 0.5) is 5.82 Å². The average molecular weight is 418 g/mol. The summed E-state index contributed by atoms with van der Waals surface area (Å²) in [4.78, 5) is 5.05. The SMILES string of the molecule is CC1(C)CC(Nc2ccc3c(n2)CCCc2cc(/C(C=N)=C/N)ccc2-3)CC(C)(C)N1. The second-order valence-corrected chi connectivity index (χ2v) is 10.3. The number of hydrogen-bond acceptors (Lipinski definition) is 5. The number of benzene rings is 1. The van der Waals surface area contributed by atoms with Crippen molar-refractivity contribution in [2.24, 2.45) is 5.73 Å². The minimum absolute atomic E-state index is 0.106. The van der Waals surface area contributed by atoms with Crippen molar-refractivity contribution < 1.29 is 0 Å². The summed E-state index contributed by atoms with van der Waals surface area (Å²) in [5.74, 6) is 0.981. The Hall–Kier alpha value is -2.66. The van der Waals surface area contributed by atoms with Gasteiger partial charge in [0.25, 0.3) is 0 Å². The molecule has 1 aromatic carbocycles. The molecular weight excluding hydrogens is 382 g/mol. The van der Waals surface area contributed by atoms with E-state index < -0.39 is 0 Å². The number of rotatable bonds is 4. The minimum Gasteiger partial charge on any atom is -0.404 e. The molecule has 1 aromatic heterocycles. The minimum atomic E-state index is 0.106. The molecule has 0 saturated carbocycles. The van der Waals surface area contributed by atoms with E-state index in [0.717, 1.165) is 49.1 Å². The fourth-order valence-corrected chi connectivity index (χ4v) is 5.57. The van der Waals surface area contributed by atoms with E-state index in [1.807, 2.05) is 0 Å². The van der Waals surface area contributed by atoms with Gasteiger partial charge in [0.1, 0.15) is 5.82 Å². The highest BCUT2D eigenvalue weighted by molar-refractivity contribution is 6.08. The number of fused-ring (bicyclic) bond motifs is 3. The zero-order valence-corrected chi connectivity index (χ0v) is 19.2. The van der Waals surface area contributed by atoms with Crippen molar-refractivity contribution in [1.82, 2.24) is 10.3 Å². The van der Waals surface area contributed by atoms with Gasteiger partial charge in [-0.2, -0.15) is 0 Å². The maximum Gasteiger partial charge on any atom is 0.126 e. The third-order valence-electron chi connectivity index (χ3n) is 6.44. The zero-order valence-electron chi connectivity index (χ0n) is 19.2. The fraction of sp³-hybridized carbons (Fsp3) is 0.462. The molecule has 1 saturated heterocycles. The van der Waals surface area contributed by atoms with Crippen LogP contribution in [0.15, 0.2) is 36.5 Å². The lowest BCUT2D eigenvalue weighted by Gasteiger charge is -2.46. The second kappa shape index (κ2) is 8.12. The van der Waals surface area contributed by atoms with Crippen molar-refractivity contribution in [2.75, 3.05) is 5.32 Å². The second-order valence-electron chi connectivity index (χ2n) is 10.3. The number of piperidine rings is 1. The van der Waals surface area contributed by atoms with Crippen LogP contribution in [-0.4, -0.2) is 28.3 Å². The van der Waals surface area contributed by atoms with E-state index >= 15 is 0 Å². The van der Waals surface area contributed by atoms with Crippen molar-refractivity contribution in [2.45, 2.75) is 76.9 Å². The molecule has 4 rings (SSSR count). The van der Waals surface area contributed by atoms with Crippen molar-refractivity contribution in [3.05, 3.63) is 53.4 Å². The first-order chi connectivity index (χ1) is 14.7. The van der Waals surface area contributed by atoms with Gasteiger partial charge in [-0.15, -0.1) is 0 Å². The lowest BCUT2D eigenvalue weighted by atomic mass is 9.79. The van der Waals surface area contributed by atoms with E-state index in [-0.39, 0.29) is 11.1 Å². The lowest BCUT2D eigenvalue weighted by Crippen LogP contribution is -2.60. The Morgan fingerprint density at radius 3 is 2.48 bits per heavy atom. The zero-order chi connectivity index (χ0) is 22.2. The number of hydrogen-bond donors (Lipinski definition) is 4. The van der Waals surface area contributed by atoms with E-state index in [0.29, 0.717) is 6.04 Å². The van der Waals surface area contributed by atoms with Crippen molar-refractivity contribution in [3.8, 4) is 11.1 Å². The predicted molar refractivity (Wildman–Crippen MR) is 131 cm³/mol. The molecule has 0 atom stereocenters. The number of nitrogens with two attached hydrogens (primary N) is 1. The van der Waals surface area contributed by atoms with Crippen molar-refractivity contribution in [1.29, 1.82) is 5.41 Å². The molecule has 31 heavy (non-hydrogen) atoms. The first-order valence-corrected chi connectivity index (χ1v) is 11.3. The van der Waals surface area contributed by atoms with E-state index in [9.17, 15) is 0 Å². The summed E-state index contributed by atoms with van der Waals surface area (Å²) in [6.45, 7) is 9.12. The van der Waals surface area contributed by atoms with E-state index in [1.165, 1.54) is 34.8 Å². The Morgan fingerprint density at radius 1 is 1.10 bits per heavy atom. The van der Waals surface area contributed by atoms with E-state index in [2.05, 4.69) is 68.7 Å². The van der Waals surface area contributed by atoms with Gasteiger partial charge in [-0.05, 0) is 88.6 Å². The van der Waals surface area contributed by atoms with Crippen LogP contribution in [0.1, 0.15) is 63.8 Å². The Labute approximate surface area is 186 Å². The van der Waals surface area contributed by atoms with Gasteiger partial charge in [-0.3, -0.25) is 0 Å². The molecule has 5 nitrogen and oxygen atoms in total. The number of anilines is 1. The van der Waals surface area contributed by atoms with Crippen LogP contribution in [0.2, 0.25) is 0 Å². The molecule has 5 N–H and O–H groups in total. The van der Waals surface area contributed by atoms with Crippen molar-refractivity contribution in [3.63, 3.8) is 0 Å². The molecule has 5 heteroatoms. The molecule has 1 aliphatic heterocycles. The fourth-order valence-electron chi connectivity index (χ4n) is 5.57. The topological polar surface area (TPSA) is 86.8 Å². The third kappa shape index (κ3) is 4.67. The number of allylic oxidation sites excluding steroid dienone is 1. The summed E-state index contributed by atoms with van der Waals surface area (Å²) in [6.07, 6.45) is 8.02. The maximum absolute atomic E-state index is 7.58. The predicted octanol–water partition coefficient (Wildman–Crippen LogP) is 4.91. The number of nitrogens with one attached hydrogen (secondary N) is 3. The van der Waals surface area contributed by atoms with E-state index in [4.69, 9.17) is 16.1 Å². The smallest absolute Gasteiger partial charge is 0.126 e. The highest BCUT2D eigenvalue weighted by Gasteiger charge is 2.37. The molecule has 0 amide bonds. The Bertz CT molecular complexity index is 1000. The van der Waals surface area contributed by atoms with Gasteiger partial charge in [-0.1, -0.05) is 18.2 Å². The maximum atomic E-state index is 7.58. The Morgan fingerprint density at radius 2 is 1.81 bits per heavy atom. The number of aromatic nitrogens is 1. The molecule has 2 aromatic rings. The molecule has 1 aliphatic carbocycles. The van der Waals surface area contributed by atoms with Crippen molar-refractivity contribution >= 4 is 17.6 Å². The first kappa shape index (κ1) is 21.6. The molecule has 2 heterocycles. The van der Waals surface area contributed by atoms with Crippen LogP contribution in [0.3, 0.4) is 0 Å². The summed E-state index contributed by atoms with van der Waals surface area (Å²) in [5.41, 5.74) is 12.6. The van der Waals surface area contributed by atoms with Crippen LogP contribution >= 0.6 is 0 Å².